The maximum atomic E-state index is 11.0. The Hall–Kier alpha value is -1.98. The van der Waals surface area contributed by atoms with Gasteiger partial charge in [-0.3, -0.25) is 9.59 Å². The normalized spacial score (nSPS) is 10.3. The molecule has 0 unspecified atom stereocenters. The van der Waals surface area contributed by atoms with Crippen LogP contribution < -0.4 is 11.1 Å². The Bertz CT molecular complexity index is 527. The molecule has 0 aliphatic heterocycles. The number of aromatic nitrogens is 4. The van der Waals surface area contributed by atoms with Crippen LogP contribution in [0, 0.1) is 0 Å². The summed E-state index contributed by atoms with van der Waals surface area (Å²) in [7, 11) is 0. The molecule has 2 aromatic rings. The van der Waals surface area contributed by atoms with Crippen molar-refractivity contribution in [3.63, 3.8) is 0 Å². The van der Waals surface area contributed by atoms with Gasteiger partial charge in [0, 0.05) is 0 Å². The van der Waals surface area contributed by atoms with Gasteiger partial charge in [0.05, 0.1) is 12.5 Å². The minimum atomic E-state index is -0.416. The van der Waals surface area contributed by atoms with Crippen molar-refractivity contribution in [1.29, 1.82) is 0 Å². The molecule has 2 aromatic heterocycles. The molecule has 2 heterocycles. The summed E-state index contributed by atoms with van der Waals surface area (Å²) in [5.74, 6) is 0. The van der Waals surface area contributed by atoms with E-state index in [2.05, 4.69) is 19.9 Å². The number of hydrogen-bond acceptors (Lipinski definition) is 4. The lowest BCUT2D eigenvalue weighted by Crippen LogP contribution is -2.15. The van der Waals surface area contributed by atoms with Crippen molar-refractivity contribution in [3.05, 3.63) is 33.2 Å². The third kappa shape index (κ3) is 0.895. The topological polar surface area (TPSA) is 91.5 Å². The molecule has 0 aromatic carbocycles. The molecule has 60 valence electrons. The molecule has 12 heavy (non-hydrogen) atoms. The van der Waals surface area contributed by atoms with E-state index >= 15 is 0 Å². The number of nitrogens with zero attached hydrogens (tertiary/aromatic N) is 2. The van der Waals surface area contributed by atoms with E-state index in [1.54, 1.807) is 0 Å². The van der Waals surface area contributed by atoms with E-state index in [0.717, 1.165) is 6.20 Å². The third-order valence-corrected chi connectivity index (χ3v) is 1.39. The van der Waals surface area contributed by atoms with Gasteiger partial charge in [-0.15, -0.1) is 0 Å². The van der Waals surface area contributed by atoms with Gasteiger partial charge in [-0.25, -0.2) is 9.97 Å². The molecule has 0 atom stereocenters. The first-order valence-corrected chi connectivity index (χ1v) is 3.20. The number of fused-ring (bicyclic) bond motifs is 1. The highest BCUT2D eigenvalue weighted by atomic mass is 16.1. The van der Waals surface area contributed by atoms with Crippen molar-refractivity contribution < 1.29 is 0 Å². The van der Waals surface area contributed by atoms with Crippen LogP contribution in [0.3, 0.4) is 0 Å². The van der Waals surface area contributed by atoms with Gasteiger partial charge in [0.1, 0.15) is 0 Å². The number of H-pyrrole nitrogens is 2. The summed E-state index contributed by atoms with van der Waals surface area (Å²) in [4.78, 5) is 33.8. The lowest BCUT2D eigenvalue weighted by Gasteiger charge is -1.90. The molecule has 0 aliphatic carbocycles. The van der Waals surface area contributed by atoms with Crippen LogP contribution in [0.15, 0.2) is 22.1 Å². The van der Waals surface area contributed by atoms with Gasteiger partial charge in [0.2, 0.25) is 0 Å². The fourth-order valence-electron chi connectivity index (χ4n) is 0.876. The van der Waals surface area contributed by atoms with Gasteiger partial charge in [0.15, 0.2) is 11.2 Å². The average Bonchev–Trinajstić information content (AvgIpc) is 2.07. The van der Waals surface area contributed by atoms with Crippen LogP contribution in [-0.2, 0) is 0 Å². The van der Waals surface area contributed by atoms with E-state index in [9.17, 15) is 9.59 Å². The lowest BCUT2D eigenvalue weighted by molar-refractivity contribution is 1.09. The van der Waals surface area contributed by atoms with E-state index < -0.39 is 11.1 Å². The fourth-order valence-corrected chi connectivity index (χ4v) is 0.876. The smallest absolute Gasteiger partial charge is 0.276 e. The Kier molecular flexibility index (Phi) is 1.26. The highest BCUT2D eigenvalue weighted by molar-refractivity contribution is 5.66. The maximum absolute atomic E-state index is 11.0. The standard InChI is InChI=1S/C6H4N4O2/c11-3-1-7-5-4(10-3)6(12)9-2-8-5/h1-2H,(H,10,11)(H,7,8,9,12). The minimum Gasteiger partial charge on any atom is -0.313 e. The number of rotatable bonds is 0. The molecule has 0 fully saturated rings. The van der Waals surface area contributed by atoms with Gasteiger partial charge in [-0.2, -0.15) is 0 Å². The fraction of sp³-hybridized carbons (Fsp3) is 0. The van der Waals surface area contributed by atoms with Crippen LogP contribution in [-0.4, -0.2) is 19.9 Å². The second-order valence-corrected chi connectivity index (χ2v) is 2.18. The number of aromatic amines is 2. The summed E-state index contributed by atoms with van der Waals surface area (Å²) < 4.78 is 0. The Balaban J connectivity index is 3.08. The van der Waals surface area contributed by atoms with Crippen molar-refractivity contribution >= 4 is 11.2 Å². The van der Waals surface area contributed by atoms with Crippen molar-refractivity contribution in [2.24, 2.45) is 0 Å². The Morgan fingerprint density at radius 2 is 2.08 bits per heavy atom. The van der Waals surface area contributed by atoms with E-state index in [-0.39, 0.29) is 11.2 Å². The second kappa shape index (κ2) is 2.26. The Morgan fingerprint density at radius 1 is 1.25 bits per heavy atom. The molecule has 0 saturated carbocycles. The van der Waals surface area contributed by atoms with Gasteiger partial charge < -0.3 is 9.97 Å². The summed E-state index contributed by atoms with van der Waals surface area (Å²) in [5.41, 5.74) is -0.477. The van der Waals surface area contributed by atoms with Crippen LogP contribution in [0.4, 0.5) is 0 Å². The molecule has 6 heteroatoms. The highest BCUT2D eigenvalue weighted by Gasteiger charge is 1.99. The van der Waals surface area contributed by atoms with Crippen molar-refractivity contribution in [2.45, 2.75) is 0 Å². The molecular formula is C6H4N4O2. The zero-order valence-electron chi connectivity index (χ0n) is 5.87. The molecule has 0 spiro atoms. The first-order valence-electron chi connectivity index (χ1n) is 3.20. The quantitative estimate of drug-likeness (QED) is 0.522. The minimum absolute atomic E-state index is 0.102. The third-order valence-electron chi connectivity index (χ3n) is 1.39. The van der Waals surface area contributed by atoms with E-state index in [0.29, 0.717) is 0 Å². The zero-order chi connectivity index (χ0) is 8.55. The summed E-state index contributed by atoms with van der Waals surface area (Å²) in [6, 6.07) is 0. The van der Waals surface area contributed by atoms with E-state index in [1.165, 1.54) is 6.33 Å². The van der Waals surface area contributed by atoms with Crippen LogP contribution in [0.5, 0.6) is 0 Å². The lowest BCUT2D eigenvalue weighted by atomic mass is 10.5. The first-order chi connectivity index (χ1) is 5.77. The van der Waals surface area contributed by atoms with Crippen LogP contribution in [0.2, 0.25) is 0 Å². The number of nitrogens with one attached hydrogen (secondary N) is 2. The van der Waals surface area contributed by atoms with Gasteiger partial charge >= 0.3 is 0 Å². The highest BCUT2D eigenvalue weighted by Crippen LogP contribution is 1.90. The molecule has 0 aliphatic rings. The zero-order valence-corrected chi connectivity index (χ0v) is 5.87. The average molecular weight is 164 g/mol. The summed E-state index contributed by atoms with van der Waals surface area (Å²) in [6.07, 6.45) is 2.31. The molecule has 0 radical (unpaired) electrons. The molecule has 2 rings (SSSR count). The summed E-state index contributed by atoms with van der Waals surface area (Å²) in [6.45, 7) is 0. The molecular weight excluding hydrogens is 160 g/mol. The largest absolute Gasteiger partial charge is 0.313 e. The van der Waals surface area contributed by atoms with Gasteiger partial charge in [-0.1, -0.05) is 0 Å². The van der Waals surface area contributed by atoms with Crippen molar-refractivity contribution in [3.8, 4) is 0 Å². The van der Waals surface area contributed by atoms with Crippen LogP contribution in [0.25, 0.3) is 11.2 Å². The SMILES string of the molecule is O=c1cnc2nc[nH]c(=O)c2[nH]1. The maximum Gasteiger partial charge on any atom is 0.276 e. The molecule has 0 amide bonds. The molecule has 2 N–H and O–H groups in total. The van der Waals surface area contributed by atoms with Crippen molar-refractivity contribution in [2.75, 3.05) is 0 Å². The number of hydrogen-bond donors (Lipinski definition) is 2. The van der Waals surface area contributed by atoms with Crippen LogP contribution in [0.1, 0.15) is 0 Å². The Morgan fingerprint density at radius 3 is 2.92 bits per heavy atom. The first kappa shape index (κ1) is 6.71. The van der Waals surface area contributed by atoms with Crippen LogP contribution >= 0.6 is 0 Å². The summed E-state index contributed by atoms with van der Waals surface area (Å²) >= 11 is 0. The second-order valence-electron chi connectivity index (χ2n) is 2.18. The molecule has 0 bridgehead atoms. The Labute approximate surface area is 65.3 Å². The summed E-state index contributed by atoms with van der Waals surface area (Å²) in [5, 5.41) is 0. The predicted octanol–water partition coefficient (Wildman–Crippen LogP) is -0.994. The van der Waals surface area contributed by atoms with E-state index in [1.807, 2.05) is 0 Å². The molecule has 0 saturated heterocycles. The monoisotopic (exact) mass is 164 g/mol. The van der Waals surface area contributed by atoms with Gasteiger partial charge in [0.25, 0.3) is 11.1 Å². The van der Waals surface area contributed by atoms with E-state index in [4.69, 9.17) is 0 Å². The predicted molar refractivity (Wildman–Crippen MR) is 40.8 cm³/mol. The van der Waals surface area contributed by atoms with Gasteiger partial charge in [-0.05, 0) is 0 Å². The van der Waals surface area contributed by atoms with Crippen molar-refractivity contribution in [1.82, 2.24) is 19.9 Å². The molecule has 6 nitrogen and oxygen atoms in total.